The van der Waals surface area contributed by atoms with Crippen molar-refractivity contribution >= 4 is 50.1 Å². The van der Waals surface area contributed by atoms with Gasteiger partial charge in [0.15, 0.2) is 0 Å². The van der Waals surface area contributed by atoms with Crippen LogP contribution in [0.5, 0.6) is 0 Å². The third kappa shape index (κ3) is 4.20. The second-order valence-corrected chi connectivity index (χ2v) is 7.06. The largest absolute Gasteiger partial charge is 0.310 e. The molecule has 1 atom stereocenters. The molecule has 0 aliphatic heterocycles. The van der Waals surface area contributed by atoms with Crippen LogP contribution in [0.1, 0.15) is 24.1 Å². The molecule has 1 nitrogen and oxygen atoms in total. The summed E-state index contributed by atoms with van der Waals surface area (Å²) in [5.41, 5.74) is 2.48. The molecule has 0 heterocycles. The van der Waals surface area contributed by atoms with E-state index < -0.39 is 0 Å². The van der Waals surface area contributed by atoms with Gasteiger partial charge in [0.1, 0.15) is 0 Å². The van der Waals surface area contributed by atoms with Crippen molar-refractivity contribution in [3.05, 3.63) is 66.7 Å². The number of nitrogens with one attached hydrogen (secondary N) is 1. The van der Waals surface area contributed by atoms with E-state index in [4.69, 9.17) is 11.6 Å². The average Bonchev–Trinajstić information content (AvgIpc) is 2.43. The predicted molar refractivity (Wildman–Crippen MR) is 98.4 cm³/mol. The summed E-state index contributed by atoms with van der Waals surface area (Å²) in [6.45, 7) is 3.06. The van der Waals surface area contributed by atoms with Crippen LogP contribution in [-0.4, -0.2) is 6.54 Å². The molecule has 2 rings (SSSR count). The Hall–Kier alpha value is -0.100. The zero-order valence-corrected chi connectivity index (χ0v) is 15.7. The molecule has 0 bridgehead atoms. The molecule has 0 amide bonds. The number of likely N-dealkylation sites (N-methyl/N-ethyl adjacent to an activating group) is 1. The zero-order chi connectivity index (χ0) is 14.5. The molecule has 2 aromatic rings. The molecule has 0 aliphatic carbocycles. The Bertz CT molecular complexity index is 588. The Morgan fingerprint density at radius 2 is 2.00 bits per heavy atom. The van der Waals surface area contributed by atoms with Gasteiger partial charge in [0.2, 0.25) is 0 Å². The van der Waals surface area contributed by atoms with Crippen molar-refractivity contribution in [1.29, 1.82) is 0 Å². The SMILES string of the molecule is CCNC(Cc1ccccc1Cl)c1cc(Br)ccc1I. The minimum atomic E-state index is 0.268. The van der Waals surface area contributed by atoms with Crippen molar-refractivity contribution in [2.24, 2.45) is 0 Å². The van der Waals surface area contributed by atoms with E-state index in [1.165, 1.54) is 14.7 Å². The van der Waals surface area contributed by atoms with Gasteiger partial charge in [-0.25, -0.2) is 0 Å². The first kappa shape index (κ1) is 16.3. The third-order valence-electron chi connectivity index (χ3n) is 3.17. The minimum Gasteiger partial charge on any atom is -0.310 e. The molecule has 0 spiro atoms. The van der Waals surface area contributed by atoms with Crippen LogP contribution in [0.25, 0.3) is 0 Å². The molecule has 0 radical (unpaired) electrons. The van der Waals surface area contributed by atoms with Gasteiger partial charge in [-0.2, -0.15) is 0 Å². The second kappa shape index (κ2) is 7.78. The van der Waals surface area contributed by atoms with E-state index in [1.54, 1.807) is 0 Å². The minimum absolute atomic E-state index is 0.268. The first-order valence-electron chi connectivity index (χ1n) is 6.53. The summed E-state index contributed by atoms with van der Waals surface area (Å²) in [5.74, 6) is 0. The number of benzene rings is 2. The van der Waals surface area contributed by atoms with Gasteiger partial charge in [0.05, 0.1) is 0 Å². The highest BCUT2D eigenvalue weighted by Gasteiger charge is 2.16. The summed E-state index contributed by atoms with van der Waals surface area (Å²) in [6, 6.07) is 14.7. The van der Waals surface area contributed by atoms with Gasteiger partial charge in [-0.1, -0.05) is 52.7 Å². The van der Waals surface area contributed by atoms with E-state index in [9.17, 15) is 0 Å². The molecule has 0 saturated heterocycles. The van der Waals surface area contributed by atoms with E-state index >= 15 is 0 Å². The molecule has 0 fully saturated rings. The summed E-state index contributed by atoms with van der Waals surface area (Å²) in [5, 5.41) is 4.39. The lowest BCUT2D eigenvalue weighted by Gasteiger charge is -2.21. The highest BCUT2D eigenvalue weighted by Crippen LogP contribution is 2.28. The van der Waals surface area contributed by atoms with Crippen molar-refractivity contribution in [3.8, 4) is 0 Å². The Morgan fingerprint density at radius 1 is 1.25 bits per heavy atom. The maximum Gasteiger partial charge on any atom is 0.0438 e. The smallest absolute Gasteiger partial charge is 0.0438 e. The van der Waals surface area contributed by atoms with Crippen LogP contribution in [-0.2, 0) is 6.42 Å². The Kier molecular flexibility index (Phi) is 6.33. The number of hydrogen-bond donors (Lipinski definition) is 1. The van der Waals surface area contributed by atoms with E-state index in [2.05, 4.69) is 75.0 Å². The van der Waals surface area contributed by atoms with Gasteiger partial charge in [0, 0.05) is 19.1 Å². The van der Waals surface area contributed by atoms with E-state index in [1.807, 2.05) is 18.2 Å². The van der Waals surface area contributed by atoms with Gasteiger partial charge in [-0.3, -0.25) is 0 Å². The van der Waals surface area contributed by atoms with E-state index in [-0.39, 0.29) is 6.04 Å². The number of halogens is 3. The van der Waals surface area contributed by atoms with Crippen molar-refractivity contribution < 1.29 is 0 Å². The summed E-state index contributed by atoms with van der Waals surface area (Å²) < 4.78 is 2.37. The van der Waals surface area contributed by atoms with E-state index in [0.29, 0.717) is 0 Å². The molecule has 1 N–H and O–H groups in total. The molecular formula is C16H16BrClIN. The monoisotopic (exact) mass is 463 g/mol. The molecular weight excluding hydrogens is 448 g/mol. The Labute approximate surface area is 147 Å². The van der Waals surface area contributed by atoms with Crippen molar-refractivity contribution in [3.63, 3.8) is 0 Å². The Morgan fingerprint density at radius 3 is 2.70 bits per heavy atom. The second-order valence-electron chi connectivity index (χ2n) is 4.57. The van der Waals surface area contributed by atoms with Gasteiger partial charge in [0.25, 0.3) is 0 Å². The lowest BCUT2D eigenvalue weighted by molar-refractivity contribution is 0.547. The summed E-state index contributed by atoms with van der Waals surface area (Å²) >= 11 is 12.2. The van der Waals surface area contributed by atoms with Crippen LogP contribution in [0.2, 0.25) is 5.02 Å². The van der Waals surface area contributed by atoms with Crippen molar-refractivity contribution in [2.75, 3.05) is 6.54 Å². The maximum absolute atomic E-state index is 6.29. The van der Waals surface area contributed by atoms with Gasteiger partial charge < -0.3 is 5.32 Å². The molecule has 0 aliphatic rings. The van der Waals surface area contributed by atoms with Crippen LogP contribution >= 0.6 is 50.1 Å². The first-order chi connectivity index (χ1) is 9.61. The van der Waals surface area contributed by atoms with Crippen molar-refractivity contribution in [1.82, 2.24) is 5.32 Å². The normalized spacial score (nSPS) is 12.4. The van der Waals surface area contributed by atoms with Crippen LogP contribution in [0.4, 0.5) is 0 Å². The van der Waals surface area contributed by atoms with Crippen LogP contribution in [0, 0.1) is 3.57 Å². The molecule has 2 aromatic carbocycles. The Balaban J connectivity index is 2.32. The van der Waals surface area contributed by atoms with Gasteiger partial charge in [-0.15, -0.1) is 0 Å². The summed E-state index contributed by atoms with van der Waals surface area (Å²) in [7, 11) is 0. The molecule has 20 heavy (non-hydrogen) atoms. The first-order valence-corrected chi connectivity index (χ1v) is 8.78. The fourth-order valence-electron chi connectivity index (χ4n) is 2.20. The quantitative estimate of drug-likeness (QED) is 0.568. The van der Waals surface area contributed by atoms with Crippen LogP contribution in [0.3, 0.4) is 0 Å². The molecule has 0 saturated carbocycles. The standard InChI is InChI=1S/C16H16BrClIN/c1-2-20-16(9-11-5-3-4-6-14(11)18)13-10-12(17)7-8-15(13)19/h3-8,10,16,20H,2,9H2,1H3. The lowest BCUT2D eigenvalue weighted by atomic mass is 9.99. The molecule has 4 heteroatoms. The van der Waals surface area contributed by atoms with Gasteiger partial charge >= 0.3 is 0 Å². The fourth-order valence-corrected chi connectivity index (χ4v) is 3.51. The van der Waals surface area contributed by atoms with Gasteiger partial charge in [-0.05, 0) is 70.9 Å². The number of rotatable bonds is 5. The van der Waals surface area contributed by atoms with Crippen LogP contribution < -0.4 is 5.32 Å². The number of hydrogen-bond acceptors (Lipinski definition) is 1. The highest BCUT2D eigenvalue weighted by atomic mass is 127. The molecule has 0 aromatic heterocycles. The fraction of sp³-hybridized carbons (Fsp3) is 0.250. The van der Waals surface area contributed by atoms with Crippen LogP contribution in [0.15, 0.2) is 46.9 Å². The maximum atomic E-state index is 6.29. The lowest BCUT2D eigenvalue weighted by Crippen LogP contribution is -2.24. The summed E-state index contributed by atoms with van der Waals surface area (Å²) in [4.78, 5) is 0. The van der Waals surface area contributed by atoms with E-state index in [0.717, 1.165) is 22.5 Å². The predicted octanol–water partition coefficient (Wildman–Crippen LogP) is 5.60. The molecule has 106 valence electrons. The summed E-state index contributed by atoms with van der Waals surface area (Å²) in [6.07, 6.45) is 0.889. The molecule has 1 unspecified atom stereocenters. The zero-order valence-electron chi connectivity index (χ0n) is 11.2. The third-order valence-corrected chi connectivity index (χ3v) is 5.01. The topological polar surface area (TPSA) is 12.0 Å². The van der Waals surface area contributed by atoms with Crippen molar-refractivity contribution in [2.45, 2.75) is 19.4 Å². The highest BCUT2D eigenvalue weighted by molar-refractivity contribution is 14.1. The average molecular weight is 465 g/mol.